The molecule has 0 spiro atoms. The second kappa shape index (κ2) is 11.8. The number of ether oxygens (including phenoxy) is 1. The summed E-state index contributed by atoms with van der Waals surface area (Å²) in [5, 5.41) is 14.7. The number of carbonyl (C=O) groups is 2. The van der Waals surface area contributed by atoms with Crippen molar-refractivity contribution in [2.45, 2.75) is 32.2 Å². The standard InChI is InChI=1S/C25H31F3N4O6S/c1-15-12-32(16(2)14-33)23(34)19-6-5-7-20(22(19)38-21(15)13-31(3)39(4,36)37)30-24(35)29-18-10-8-17(9-11-18)25(26,27)28/h5-11,15-16,21,33H,12-14H2,1-4H3,(H2,29,30,35)/t15-,16+,21-/m1/s1. The number of aliphatic hydroxyl groups excluding tert-OH is 1. The molecule has 0 aliphatic carbocycles. The molecule has 3 rings (SSSR count). The van der Waals surface area contributed by atoms with Gasteiger partial charge >= 0.3 is 12.2 Å². The summed E-state index contributed by atoms with van der Waals surface area (Å²) in [6, 6.07) is 6.98. The molecule has 0 saturated heterocycles. The molecule has 3 amide bonds. The average molecular weight is 573 g/mol. The van der Waals surface area contributed by atoms with Gasteiger partial charge in [-0.15, -0.1) is 0 Å². The van der Waals surface area contributed by atoms with Crippen molar-refractivity contribution >= 4 is 33.3 Å². The van der Waals surface area contributed by atoms with Crippen molar-refractivity contribution in [3.05, 3.63) is 53.6 Å². The topological polar surface area (TPSA) is 128 Å². The van der Waals surface area contributed by atoms with Crippen molar-refractivity contribution in [2.75, 3.05) is 43.6 Å². The normalized spacial score (nSPS) is 19.0. The number of nitrogens with one attached hydrogen (secondary N) is 2. The van der Waals surface area contributed by atoms with E-state index in [2.05, 4.69) is 10.6 Å². The number of urea groups is 1. The molecule has 3 atom stereocenters. The highest BCUT2D eigenvalue weighted by molar-refractivity contribution is 7.88. The molecule has 1 heterocycles. The van der Waals surface area contributed by atoms with Crippen LogP contribution in [0.2, 0.25) is 0 Å². The minimum atomic E-state index is -4.52. The number of likely N-dealkylation sites (N-methyl/N-ethyl adjacent to an activating group) is 1. The van der Waals surface area contributed by atoms with Crippen LogP contribution < -0.4 is 15.4 Å². The summed E-state index contributed by atoms with van der Waals surface area (Å²) in [4.78, 5) is 27.7. The van der Waals surface area contributed by atoms with Crippen LogP contribution in [0.15, 0.2) is 42.5 Å². The molecule has 0 aromatic heterocycles. The van der Waals surface area contributed by atoms with Crippen LogP contribution in [0, 0.1) is 5.92 Å². The molecule has 0 radical (unpaired) electrons. The molecule has 1 aliphatic rings. The van der Waals surface area contributed by atoms with E-state index in [0.717, 1.165) is 34.8 Å². The maximum atomic E-state index is 13.5. The highest BCUT2D eigenvalue weighted by atomic mass is 32.2. The van der Waals surface area contributed by atoms with Crippen molar-refractivity contribution in [3.63, 3.8) is 0 Å². The zero-order valence-corrected chi connectivity index (χ0v) is 22.6. The molecular weight excluding hydrogens is 541 g/mol. The average Bonchev–Trinajstić information content (AvgIpc) is 2.85. The van der Waals surface area contributed by atoms with Crippen LogP contribution in [-0.2, 0) is 16.2 Å². The van der Waals surface area contributed by atoms with E-state index in [-0.39, 0.29) is 48.3 Å². The van der Waals surface area contributed by atoms with Gasteiger partial charge in [-0.1, -0.05) is 13.0 Å². The lowest BCUT2D eigenvalue weighted by atomic mass is 9.99. The van der Waals surface area contributed by atoms with Gasteiger partial charge in [-0.05, 0) is 43.3 Å². The first-order valence-electron chi connectivity index (χ1n) is 12.0. The quantitative estimate of drug-likeness (QED) is 0.466. The third-order valence-corrected chi connectivity index (χ3v) is 7.69. The number of amides is 3. The van der Waals surface area contributed by atoms with Crippen LogP contribution >= 0.6 is 0 Å². The Hall–Kier alpha value is -3.36. The van der Waals surface area contributed by atoms with Crippen LogP contribution in [0.5, 0.6) is 5.75 Å². The maximum Gasteiger partial charge on any atom is 0.416 e. The third-order valence-electron chi connectivity index (χ3n) is 6.41. The summed E-state index contributed by atoms with van der Waals surface area (Å²) in [7, 11) is -2.17. The molecule has 0 bridgehead atoms. The van der Waals surface area contributed by atoms with Gasteiger partial charge in [0.25, 0.3) is 5.91 Å². The lowest BCUT2D eigenvalue weighted by molar-refractivity contribution is -0.137. The zero-order valence-electron chi connectivity index (χ0n) is 21.8. The van der Waals surface area contributed by atoms with Gasteiger partial charge in [0.2, 0.25) is 10.0 Å². The summed E-state index contributed by atoms with van der Waals surface area (Å²) in [6.07, 6.45) is -4.21. The van der Waals surface area contributed by atoms with Crippen molar-refractivity contribution in [1.29, 1.82) is 0 Å². The number of fused-ring (bicyclic) bond motifs is 1. The van der Waals surface area contributed by atoms with Crippen molar-refractivity contribution in [1.82, 2.24) is 9.21 Å². The number of benzene rings is 2. The van der Waals surface area contributed by atoms with Gasteiger partial charge in [0.1, 0.15) is 6.10 Å². The minimum Gasteiger partial charge on any atom is -0.486 e. The number of hydrogen-bond acceptors (Lipinski definition) is 6. The smallest absolute Gasteiger partial charge is 0.416 e. The zero-order chi connectivity index (χ0) is 29.1. The molecule has 39 heavy (non-hydrogen) atoms. The van der Waals surface area contributed by atoms with Crippen molar-refractivity contribution < 1.29 is 41.0 Å². The highest BCUT2D eigenvalue weighted by Crippen LogP contribution is 2.35. The molecule has 14 heteroatoms. The lowest BCUT2D eigenvalue weighted by Crippen LogP contribution is -2.50. The Kier molecular flexibility index (Phi) is 9.13. The fraction of sp³-hybridized carbons (Fsp3) is 0.440. The van der Waals surface area contributed by atoms with E-state index in [1.807, 2.05) is 0 Å². The Balaban J connectivity index is 1.95. The molecule has 2 aromatic rings. The molecule has 0 saturated carbocycles. The number of alkyl halides is 3. The summed E-state index contributed by atoms with van der Waals surface area (Å²) in [6.45, 7) is 3.26. The van der Waals surface area contributed by atoms with Gasteiger partial charge in [0, 0.05) is 25.2 Å². The first kappa shape index (κ1) is 30.2. The summed E-state index contributed by atoms with van der Waals surface area (Å²) < 4.78 is 70.0. The van der Waals surface area contributed by atoms with Crippen molar-refractivity contribution in [3.8, 4) is 5.75 Å². The molecular formula is C25H31F3N4O6S. The number of nitrogens with zero attached hydrogens (tertiary/aromatic N) is 2. The van der Waals surface area contributed by atoms with E-state index in [0.29, 0.717) is 0 Å². The van der Waals surface area contributed by atoms with E-state index >= 15 is 0 Å². The first-order valence-corrected chi connectivity index (χ1v) is 13.8. The second-order valence-corrected chi connectivity index (χ2v) is 11.6. The number of anilines is 2. The minimum absolute atomic E-state index is 0.00124. The first-order chi connectivity index (χ1) is 18.1. The second-order valence-electron chi connectivity index (χ2n) is 9.50. The molecule has 2 aromatic carbocycles. The van der Waals surface area contributed by atoms with Gasteiger partial charge in [-0.3, -0.25) is 4.79 Å². The number of halogens is 3. The van der Waals surface area contributed by atoms with E-state index in [1.54, 1.807) is 13.8 Å². The summed E-state index contributed by atoms with van der Waals surface area (Å²) in [5.41, 5.74) is -0.601. The number of para-hydroxylation sites is 1. The molecule has 3 N–H and O–H groups in total. The fourth-order valence-corrected chi connectivity index (χ4v) is 4.39. The van der Waals surface area contributed by atoms with Gasteiger partial charge in [-0.2, -0.15) is 13.2 Å². The van der Waals surface area contributed by atoms with Crippen LogP contribution in [0.3, 0.4) is 0 Å². The van der Waals surface area contributed by atoms with Crippen LogP contribution in [0.25, 0.3) is 0 Å². The lowest BCUT2D eigenvalue weighted by Gasteiger charge is -2.38. The fourth-order valence-electron chi connectivity index (χ4n) is 3.98. The molecule has 0 fully saturated rings. The number of sulfonamides is 1. The van der Waals surface area contributed by atoms with Gasteiger partial charge in [0.15, 0.2) is 5.75 Å². The Labute approximate surface area is 224 Å². The van der Waals surface area contributed by atoms with E-state index in [9.17, 15) is 36.3 Å². The highest BCUT2D eigenvalue weighted by Gasteiger charge is 2.35. The van der Waals surface area contributed by atoms with Crippen molar-refractivity contribution in [2.24, 2.45) is 5.92 Å². The summed E-state index contributed by atoms with van der Waals surface area (Å²) >= 11 is 0. The Bertz CT molecular complexity index is 1300. The van der Waals surface area contributed by atoms with Crippen LogP contribution in [-0.4, -0.2) is 79.8 Å². The van der Waals surface area contributed by atoms with Crippen LogP contribution in [0.1, 0.15) is 29.8 Å². The van der Waals surface area contributed by atoms with Gasteiger partial charge in [-0.25, -0.2) is 17.5 Å². The van der Waals surface area contributed by atoms with E-state index < -0.39 is 45.8 Å². The van der Waals surface area contributed by atoms with Crippen LogP contribution in [0.4, 0.5) is 29.3 Å². The van der Waals surface area contributed by atoms with Gasteiger partial charge in [0.05, 0.1) is 42.3 Å². The van der Waals surface area contributed by atoms with Gasteiger partial charge < -0.3 is 25.4 Å². The molecule has 214 valence electrons. The monoisotopic (exact) mass is 572 g/mol. The number of carbonyl (C=O) groups excluding carboxylic acids is 2. The number of rotatable bonds is 7. The molecule has 0 unspecified atom stereocenters. The van der Waals surface area contributed by atoms with E-state index in [4.69, 9.17) is 4.74 Å². The predicted molar refractivity (Wildman–Crippen MR) is 139 cm³/mol. The molecule has 10 nitrogen and oxygen atoms in total. The number of hydrogen-bond donors (Lipinski definition) is 3. The maximum absolute atomic E-state index is 13.5. The molecule has 1 aliphatic heterocycles. The Morgan fingerprint density at radius 2 is 1.85 bits per heavy atom. The third kappa shape index (κ3) is 7.40. The SMILES string of the molecule is C[C@@H]1CN([C@@H](C)CO)C(=O)c2cccc(NC(=O)Nc3ccc(C(F)(F)F)cc3)c2O[C@@H]1CN(C)S(C)(=O)=O. The van der Waals surface area contributed by atoms with E-state index in [1.165, 1.54) is 30.1 Å². The number of aliphatic hydroxyl groups is 1. The summed E-state index contributed by atoms with van der Waals surface area (Å²) in [5.74, 6) is -0.840. The Morgan fingerprint density at radius 1 is 1.21 bits per heavy atom. The Morgan fingerprint density at radius 3 is 2.41 bits per heavy atom. The predicted octanol–water partition coefficient (Wildman–Crippen LogP) is 3.46. The largest absolute Gasteiger partial charge is 0.486 e.